The van der Waals surface area contributed by atoms with Crippen LogP contribution in [0.3, 0.4) is 0 Å². The first kappa shape index (κ1) is 16.4. The highest BCUT2D eigenvalue weighted by atomic mass is 31.2. The average Bonchev–Trinajstić information content (AvgIpc) is 2.38. The van der Waals surface area contributed by atoms with Crippen LogP contribution in [-0.4, -0.2) is 9.79 Å². The maximum absolute atomic E-state index is 12.1. The van der Waals surface area contributed by atoms with Gasteiger partial charge in [-0.3, -0.25) is 4.57 Å². The number of rotatable bonds is 6. The Morgan fingerprint density at radius 3 is 2.00 bits per heavy atom. The third-order valence-corrected chi connectivity index (χ3v) is 6.22. The van der Waals surface area contributed by atoms with Crippen LogP contribution >= 0.6 is 7.60 Å². The molecular weight excluding hydrogens is 259 g/mol. The van der Waals surface area contributed by atoms with Gasteiger partial charge >= 0.3 is 7.60 Å². The molecule has 0 heterocycles. The van der Waals surface area contributed by atoms with Gasteiger partial charge in [0.15, 0.2) is 0 Å². The normalized spacial score (nSPS) is 12.7. The molecule has 4 heteroatoms. The highest BCUT2D eigenvalue weighted by molar-refractivity contribution is 7.53. The summed E-state index contributed by atoms with van der Waals surface area (Å²) in [5, 5.41) is -1.04. The van der Waals surface area contributed by atoms with Gasteiger partial charge < -0.3 is 9.79 Å². The summed E-state index contributed by atoms with van der Waals surface area (Å²) in [4.78, 5) is 19.8. The van der Waals surface area contributed by atoms with Crippen molar-refractivity contribution in [1.82, 2.24) is 0 Å². The second-order valence-corrected chi connectivity index (χ2v) is 6.88. The van der Waals surface area contributed by atoms with Crippen molar-refractivity contribution in [2.24, 2.45) is 0 Å². The molecule has 2 N–H and O–H groups in total. The zero-order valence-electron chi connectivity index (χ0n) is 12.3. The molecule has 0 radical (unpaired) electrons. The number of aryl methyl sites for hydroxylation is 1. The molecule has 0 amide bonds. The average molecular weight is 284 g/mol. The molecule has 19 heavy (non-hydrogen) atoms. The molecule has 0 aliphatic heterocycles. The molecule has 0 spiro atoms. The molecule has 1 aromatic carbocycles. The van der Waals surface area contributed by atoms with Gasteiger partial charge in [0, 0.05) is 0 Å². The molecule has 0 unspecified atom stereocenters. The third kappa shape index (κ3) is 2.79. The molecule has 0 atom stereocenters. The van der Waals surface area contributed by atoms with E-state index in [2.05, 4.69) is 13.0 Å². The Morgan fingerprint density at radius 1 is 1.05 bits per heavy atom. The van der Waals surface area contributed by atoms with Crippen molar-refractivity contribution >= 4 is 7.60 Å². The standard InChI is InChI=1S/C15H25O3P/c1-5-12-10-9-11-14(13(12)6-2)15(7-3,8-4)19(16,17)18/h9-11H,5-8H2,1-4H3,(H2,16,17,18). The van der Waals surface area contributed by atoms with Crippen molar-refractivity contribution in [3.05, 3.63) is 34.9 Å². The predicted octanol–water partition coefficient (Wildman–Crippen LogP) is 4.00. The van der Waals surface area contributed by atoms with Gasteiger partial charge in [-0.1, -0.05) is 45.9 Å². The topological polar surface area (TPSA) is 57.5 Å². The summed E-state index contributed by atoms with van der Waals surface area (Å²) in [6.07, 6.45) is 2.60. The molecule has 0 bridgehead atoms. The second kappa shape index (κ2) is 6.21. The molecule has 0 aliphatic rings. The minimum Gasteiger partial charge on any atom is -0.324 e. The zero-order valence-corrected chi connectivity index (χ0v) is 13.2. The van der Waals surface area contributed by atoms with Crippen molar-refractivity contribution in [3.63, 3.8) is 0 Å². The Hall–Kier alpha value is -0.630. The molecule has 0 saturated carbocycles. The van der Waals surface area contributed by atoms with Gasteiger partial charge in [0.1, 0.15) is 0 Å². The minimum atomic E-state index is -4.20. The molecule has 0 saturated heterocycles. The maximum atomic E-state index is 12.1. The van der Waals surface area contributed by atoms with E-state index in [9.17, 15) is 14.4 Å². The molecule has 1 aromatic rings. The Bertz CT molecular complexity index is 472. The maximum Gasteiger partial charge on any atom is 0.335 e. The van der Waals surface area contributed by atoms with Crippen LogP contribution in [0.25, 0.3) is 0 Å². The Balaban J connectivity index is 3.61. The van der Waals surface area contributed by atoms with Crippen molar-refractivity contribution in [2.75, 3.05) is 0 Å². The van der Waals surface area contributed by atoms with E-state index in [1.807, 2.05) is 32.9 Å². The first-order valence-corrected chi connectivity index (χ1v) is 8.66. The Labute approximate surface area is 116 Å². The van der Waals surface area contributed by atoms with Gasteiger partial charge in [0.05, 0.1) is 5.16 Å². The van der Waals surface area contributed by atoms with Gasteiger partial charge in [0.2, 0.25) is 0 Å². The smallest absolute Gasteiger partial charge is 0.324 e. The number of hydrogen-bond acceptors (Lipinski definition) is 1. The van der Waals surface area contributed by atoms with Crippen LogP contribution in [0.1, 0.15) is 57.2 Å². The first-order chi connectivity index (χ1) is 8.87. The molecule has 108 valence electrons. The summed E-state index contributed by atoms with van der Waals surface area (Å²) in [6.45, 7) is 7.85. The van der Waals surface area contributed by atoms with Crippen molar-refractivity contribution in [2.45, 2.75) is 58.5 Å². The van der Waals surface area contributed by atoms with E-state index in [1.54, 1.807) is 0 Å². The quantitative estimate of drug-likeness (QED) is 0.776. The first-order valence-electron chi connectivity index (χ1n) is 7.04. The molecule has 0 aromatic heterocycles. The van der Waals surface area contributed by atoms with E-state index in [-0.39, 0.29) is 0 Å². The van der Waals surface area contributed by atoms with Crippen LogP contribution in [0.2, 0.25) is 0 Å². The fraction of sp³-hybridized carbons (Fsp3) is 0.600. The van der Waals surface area contributed by atoms with E-state index in [1.165, 1.54) is 5.56 Å². The summed E-state index contributed by atoms with van der Waals surface area (Å²) in [5.74, 6) is 0. The van der Waals surface area contributed by atoms with Crippen LogP contribution in [0.5, 0.6) is 0 Å². The molecule has 0 aliphatic carbocycles. The summed E-state index contributed by atoms with van der Waals surface area (Å²) in [5.41, 5.74) is 3.14. The van der Waals surface area contributed by atoms with Crippen LogP contribution in [0.4, 0.5) is 0 Å². The van der Waals surface area contributed by atoms with E-state index in [4.69, 9.17) is 0 Å². The predicted molar refractivity (Wildman–Crippen MR) is 79.5 cm³/mol. The van der Waals surface area contributed by atoms with E-state index >= 15 is 0 Å². The van der Waals surface area contributed by atoms with E-state index in [0.29, 0.717) is 12.8 Å². The van der Waals surface area contributed by atoms with Gasteiger partial charge in [0.25, 0.3) is 0 Å². The van der Waals surface area contributed by atoms with Gasteiger partial charge in [-0.2, -0.15) is 0 Å². The van der Waals surface area contributed by atoms with Crippen LogP contribution in [-0.2, 0) is 22.6 Å². The lowest BCUT2D eigenvalue weighted by molar-refractivity contribution is 0.314. The lowest BCUT2D eigenvalue weighted by atomic mass is 9.85. The molecular formula is C15H25O3P. The minimum absolute atomic E-state index is 0.452. The summed E-state index contributed by atoms with van der Waals surface area (Å²) in [7, 11) is -4.20. The Kier molecular flexibility index (Phi) is 5.37. The second-order valence-electron chi connectivity index (χ2n) is 4.93. The lowest BCUT2D eigenvalue weighted by Crippen LogP contribution is -2.26. The third-order valence-electron chi connectivity index (χ3n) is 4.24. The molecule has 0 fully saturated rings. The summed E-state index contributed by atoms with van der Waals surface area (Å²) >= 11 is 0. The van der Waals surface area contributed by atoms with Crippen molar-refractivity contribution in [3.8, 4) is 0 Å². The van der Waals surface area contributed by atoms with Crippen molar-refractivity contribution in [1.29, 1.82) is 0 Å². The van der Waals surface area contributed by atoms with Crippen LogP contribution in [0, 0.1) is 0 Å². The van der Waals surface area contributed by atoms with Crippen LogP contribution in [0.15, 0.2) is 18.2 Å². The SMILES string of the molecule is CCc1cccc(C(CC)(CC)P(=O)(O)O)c1CC. The Morgan fingerprint density at radius 2 is 1.63 bits per heavy atom. The fourth-order valence-electron chi connectivity index (χ4n) is 3.02. The summed E-state index contributed by atoms with van der Waals surface area (Å²) < 4.78 is 12.1. The fourth-order valence-corrected chi connectivity index (χ4v) is 4.37. The van der Waals surface area contributed by atoms with Crippen molar-refractivity contribution < 1.29 is 14.4 Å². The van der Waals surface area contributed by atoms with Gasteiger partial charge in [-0.05, 0) is 42.4 Å². The molecule has 3 nitrogen and oxygen atoms in total. The highest BCUT2D eigenvalue weighted by Gasteiger charge is 2.46. The monoisotopic (exact) mass is 284 g/mol. The van der Waals surface area contributed by atoms with Gasteiger partial charge in [-0.15, -0.1) is 0 Å². The largest absolute Gasteiger partial charge is 0.335 e. The number of hydrogen-bond donors (Lipinski definition) is 2. The lowest BCUT2D eigenvalue weighted by Gasteiger charge is -2.35. The molecule has 1 rings (SSSR count). The number of benzene rings is 1. The van der Waals surface area contributed by atoms with E-state index in [0.717, 1.165) is 24.0 Å². The zero-order chi connectivity index (χ0) is 14.7. The van der Waals surface area contributed by atoms with Crippen LogP contribution < -0.4 is 0 Å². The highest BCUT2D eigenvalue weighted by Crippen LogP contribution is 2.61. The van der Waals surface area contributed by atoms with E-state index < -0.39 is 12.8 Å². The van der Waals surface area contributed by atoms with Gasteiger partial charge in [-0.25, -0.2) is 0 Å². The summed E-state index contributed by atoms with van der Waals surface area (Å²) in [6, 6.07) is 5.87.